The van der Waals surface area contributed by atoms with Crippen LogP contribution in [0.2, 0.25) is 0 Å². The Labute approximate surface area is 102 Å². The van der Waals surface area contributed by atoms with Gasteiger partial charge in [0.25, 0.3) is 5.91 Å². The zero-order chi connectivity index (χ0) is 12.1. The van der Waals surface area contributed by atoms with E-state index in [2.05, 4.69) is 14.9 Å². The minimum Gasteiger partial charge on any atom is -0.394 e. The third-order valence-corrected chi connectivity index (χ3v) is 2.79. The molecule has 88 valence electrons. The summed E-state index contributed by atoms with van der Waals surface area (Å²) in [5, 5.41) is 17.2. The van der Waals surface area contributed by atoms with Crippen molar-refractivity contribution in [2.75, 3.05) is 6.61 Å². The Bertz CT molecular complexity index is 473. The highest BCUT2D eigenvalue weighted by Crippen LogP contribution is 2.12. The summed E-state index contributed by atoms with van der Waals surface area (Å²) >= 11 is 1.11. The quantitative estimate of drug-likeness (QED) is 0.847. The summed E-state index contributed by atoms with van der Waals surface area (Å²) in [7, 11) is 0. The molecule has 0 aliphatic carbocycles. The Morgan fingerprint density at radius 2 is 2.18 bits per heavy atom. The molecule has 1 aromatic heterocycles. The van der Waals surface area contributed by atoms with Gasteiger partial charge >= 0.3 is 0 Å². The molecule has 1 heterocycles. The summed E-state index contributed by atoms with van der Waals surface area (Å²) in [6, 6.07) is 8.86. The minimum absolute atomic E-state index is 0.159. The molecule has 1 amide bonds. The first kappa shape index (κ1) is 11.7. The highest BCUT2D eigenvalue weighted by molar-refractivity contribution is 7.03. The molecule has 0 spiro atoms. The Hall–Kier alpha value is -1.79. The van der Waals surface area contributed by atoms with Gasteiger partial charge in [-0.2, -0.15) is 0 Å². The maximum Gasteiger partial charge on any atom is 0.273 e. The SMILES string of the molecule is O=C(N[C@H](CO)c1ccccc1)c1csnn1. The van der Waals surface area contributed by atoms with Crippen molar-refractivity contribution in [3.8, 4) is 0 Å². The minimum atomic E-state index is -0.426. The smallest absolute Gasteiger partial charge is 0.273 e. The van der Waals surface area contributed by atoms with E-state index >= 15 is 0 Å². The number of hydrogen-bond acceptors (Lipinski definition) is 5. The Morgan fingerprint density at radius 1 is 1.41 bits per heavy atom. The molecular formula is C11H11N3O2S. The van der Waals surface area contributed by atoms with Gasteiger partial charge in [-0.15, -0.1) is 5.10 Å². The van der Waals surface area contributed by atoms with E-state index in [9.17, 15) is 9.90 Å². The van der Waals surface area contributed by atoms with Crippen LogP contribution in [-0.4, -0.2) is 27.2 Å². The van der Waals surface area contributed by atoms with Gasteiger partial charge in [-0.3, -0.25) is 4.79 Å². The fourth-order valence-electron chi connectivity index (χ4n) is 1.42. The van der Waals surface area contributed by atoms with Crippen molar-refractivity contribution in [1.82, 2.24) is 14.9 Å². The Balaban J connectivity index is 2.09. The van der Waals surface area contributed by atoms with Crippen molar-refractivity contribution in [2.45, 2.75) is 6.04 Å². The van der Waals surface area contributed by atoms with Crippen molar-refractivity contribution in [1.29, 1.82) is 0 Å². The molecular weight excluding hydrogens is 238 g/mol. The average molecular weight is 249 g/mol. The first-order valence-corrected chi connectivity index (χ1v) is 5.88. The number of rotatable bonds is 4. The predicted molar refractivity (Wildman–Crippen MR) is 63.6 cm³/mol. The van der Waals surface area contributed by atoms with Gasteiger partial charge in [-0.1, -0.05) is 34.8 Å². The molecule has 0 aliphatic rings. The van der Waals surface area contributed by atoms with Crippen molar-refractivity contribution in [3.05, 3.63) is 47.0 Å². The van der Waals surface area contributed by atoms with Crippen LogP contribution in [-0.2, 0) is 0 Å². The van der Waals surface area contributed by atoms with Gasteiger partial charge in [0.05, 0.1) is 12.6 Å². The summed E-state index contributed by atoms with van der Waals surface area (Å²) in [6.45, 7) is -0.159. The topological polar surface area (TPSA) is 75.1 Å². The zero-order valence-corrected chi connectivity index (χ0v) is 9.72. The Morgan fingerprint density at radius 3 is 2.76 bits per heavy atom. The second kappa shape index (κ2) is 5.51. The van der Waals surface area contributed by atoms with Crippen molar-refractivity contribution < 1.29 is 9.90 Å². The molecule has 0 bridgehead atoms. The molecule has 2 aromatic rings. The van der Waals surface area contributed by atoms with Gasteiger partial charge in [0, 0.05) is 5.38 Å². The predicted octanol–water partition coefficient (Wildman–Crippen LogP) is 1.00. The molecule has 6 heteroatoms. The fraction of sp³-hybridized carbons (Fsp3) is 0.182. The van der Waals surface area contributed by atoms with Gasteiger partial charge in [-0.05, 0) is 17.1 Å². The monoisotopic (exact) mass is 249 g/mol. The highest BCUT2D eigenvalue weighted by atomic mass is 32.1. The lowest BCUT2D eigenvalue weighted by Gasteiger charge is -2.15. The van der Waals surface area contributed by atoms with Gasteiger partial charge in [0.1, 0.15) is 0 Å². The molecule has 1 atom stereocenters. The van der Waals surface area contributed by atoms with Crippen LogP contribution in [0.25, 0.3) is 0 Å². The molecule has 5 nitrogen and oxygen atoms in total. The van der Waals surface area contributed by atoms with Crippen molar-refractivity contribution in [2.24, 2.45) is 0 Å². The van der Waals surface area contributed by atoms with Crippen LogP contribution in [0.15, 0.2) is 35.7 Å². The number of amides is 1. The largest absolute Gasteiger partial charge is 0.394 e. The van der Waals surface area contributed by atoms with E-state index in [1.54, 1.807) is 5.38 Å². The number of carbonyl (C=O) groups excluding carboxylic acids is 1. The van der Waals surface area contributed by atoms with E-state index in [0.717, 1.165) is 17.1 Å². The van der Waals surface area contributed by atoms with E-state index in [-0.39, 0.29) is 18.2 Å². The normalized spacial score (nSPS) is 12.1. The number of nitrogens with zero attached hydrogens (tertiary/aromatic N) is 2. The molecule has 1 aromatic carbocycles. The maximum absolute atomic E-state index is 11.7. The number of aliphatic hydroxyl groups is 1. The molecule has 2 N–H and O–H groups in total. The third kappa shape index (κ3) is 2.86. The van der Waals surface area contributed by atoms with Crippen LogP contribution in [0.5, 0.6) is 0 Å². The van der Waals surface area contributed by atoms with Crippen LogP contribution in [0, 0.1) is 0 Å². The standard InChI is InChI=1S/C11H11N3O2S/c15-6-9(8-4-2-1-3-5-8)12-11(16)10-7-17-14-13-10/h1-5,7,9,15H,6H2,(H,12,16)/t9-/m1/s1. The second-order valence-electron chi connectivity index (χ2n) is 3.41. The summed E-state index contributed by atoms with van der Waals surface area (Å²) in [6.07, 6.45) is 0. The highest BCUT2D eigenvalue weighted by Gasteiger charge is 2.16. The van der Waals surface area contributed by atoms with E-state index < -0.39 is 6.04 Å². The number of benzene rings is 1. The van der Waals surface area contributed by atoms with Gasteiger partial charge in [-0.25, -0.2) is 0 Å². The number of aromatic nitrogens is 2. The first-order valence-electron chi connectivity index (χ1n) is 5.05. The number of aliphatic hydroxyl groups excluding tert-OH is 1. The molecule has 0 aliphatic heterocycles. The molecule has 0 saturated carbocycles. The number of carbonyl (C=O) groups is 1. The Kier molecular flexibility index (Phi) is 3.79. The van der Waals surface area contributed by atoms with Crippen LogP contribution in [0.4, 0.5) is 0 Å². The van der Waals surface area contributed by atoms with E-state index in [0.29, 0.717) is 0 Å². The lowest BCUT2D eigenvalue weighted by molar-refractivity contribution is 0.0911. The van der Waals surface area contributed by atoms with E-state index in [1.807, 2.05) is 30.3 Å². The van der Waals surface area contributed by atoms with Crippen LogP contribution in [0.3, 0.4) is 0 Å². The van der Waals surface area contributed by atoms with E-state index in [4.69, 9.17) is 0 Å². The third-order valence-electron chi connectivity index (χ3n) is 2.28. The first-order chi connectivity index (χ1) is 8.31. The second-order valence-corrected chi connectivity index (χ2v) is 4.02. The van der Waals surface area contributed by atoms with Crippen molar-refractivity contribution in [3.63, 3.8) is 0 Å². The summed E-state index contributed by atoms with van der Waals surface area (Å²) in [4.78, 5) is 11.7. The van der Waals surface area contributed by atoms with E-state index in [1.165, 1.54) is 0 Å². The molecule has 0 saturated heterocycles. The van der Waals surface area contributed by atoms with Gasteiger partial charge in [0.2, 0.25) is 0 Å². The molecule has 17 heavy (non-hydrogen) atoms. The maximum atomic E-state index is 11.7. The molecule has 2 rings (SSSR count). The van der Waals surface area contributed by atoms with Gasteiger partial charge in [0.15, 0.2) is 5.69 Å². The van der Waals surface area contributed by atoms with Crippen LogP contribution >= 0.6 is 11.5 Å². The lowest BCUT2D eigenvalue weighted by Crippen LogP contribution is -2.31. The zero-order valence-electron chi connectivity index (χ0n) is 8.91. The van der Waals surface area contributed by atoms with Crippen LogP contribution < -0.4 is 5.32 Å². The summed E-state index contributed by atoms with van der Waals surface area (Å²) < 4.78 is 3.62. The summed E-state index contributed by atoms with van der Waals surface area (Å²) in [5.74, 6) is -0.332. The van der Waals surface area contributed by atoms with Crippen LogP contribution in [0.1, 0.15) is 22.1 Å². The fourth-order valence-corrected chi connectivity index (χ4v) is 1.85. The molecule has 0 fully saturated rings. The molecule has 0 radical (unpaired) electrons. The summed E-state index contributed by atoms with van der Waals surface area (Å²) in [5.41, 5.74) is 1.12. The number of nitrogens with one attached hydrogen (secondary N) is 1. The average Bonchev–Trinajstić information content (AvgIpc) is 2.90. The van der Waals surface area contributed by atoms with Gasteiger partial charge < -0.3 is 10.4 Å². The molecule has 0 unspecified atom stereocenters. The van der Waals surface area contributed by atoms with Crippen molar-refractivity contribution >= 4 is 17.4 Å². The number of hydrogen-bond donors (Lipinski definition) is 2. The lowest BCUT2D eigenvalue weighted by atomic mass is 10.1.